The fourth-order valence-corrected chi connectivity index (χ4v) is 2.18. The van der Waals surface area contributed by atoms with Crippen LogP contribution in [0, 0.1) is 0 Å². The number of hydrogen-bond donors (Lipinski definition) is 0. The number of hydrogen-bond acceptors (Lipinski definition) is 2. The molecular weight excluding hydrogens is 217 g/mol. The van der Waals surface area contributed by atoms with Gasteiger partial charge in [-0.15, -0.1) is 0 Å². The van der Waals surface area contributed by atoms with Crippen LogP contribution in [-0.2, 0) is 0 Å². The van der Waals surface area contributed by atoms with Crippen LogP contribution in [0.25, 0.3) is 0 Å². The van der Waals surface area contributed by atoms with E-state index in [1.165, 1.54) is 0 Å². The molecule has 2 nitrogen and oxygen atoms in total. The van der Waals surface area contributed by atoms with E-state index < -0.39 is 12.2 Å². The zero-order valence-electron chi connectivity index (χ0n) is 10.2. The van der Waals surface area contributed by atoms with Crippen LogP contribution in [0.5, 0.6) is 0 Å². The average Bonchev–Trinajstić information content (AvgIpc) is 2.16. The summed E-state index contributed by atoms with van der Waals surface area (Å²) >= 11 is 0. The van der Waals surface area contributed by atoms with Gasteiger partial charge in [0, 0.05) is 25.7 Å². The van der Waals surface area contributed by atoms with Crippen LogP contribution in [-0.4, -0.2) is 54.2 Å². The third-order valence-electron chi connectivity index (χ3n) is 3.14. The Labute approximate surface area is 95.4 Å². The van der Waals surface area contributed by atoms with Crippen molar-refractivity contribution in [2.24, 2.45) is 0 Å². The minimum atomic E-state index is -4.11. The Balaban J connectivity index is 2.69. The van der Waals surface area contributed by atoms with Gasteiger partial charge in [-0.25, -0.2) is 0 Å². The molecule has 96 valence electrons. The first kappa shape index (κ1) is 13.8. The molecule has 0 N–H and O–H groups in total. The van der Waals surface area contributed by atoms with E-state index in [9.17, 15) is 13.2 Å². The van der Waals surface area contributed by atoms with Crippen molar-refractivity contribution >= 4 is 0 Å². The fourth-order valence-electron chi connectivity index (χ4n) is 2.18. The molecule has 1 unspecified atom stereocenters. The molecule has 1 heterocycles. The smallest absolute Gasteiger partial charge is 0.298 e. The minimum absolute atomic E-state index is 0.112. The molecule has 1 aliphatic heterocycles. The molecule has 0 aromatic rings. The third-order valence-corrected chi connectivity index (χ3v) is 3.14. The Hall–Kier alpha value is -0.290. The lowest BCUT2D eigenvalue weighted by atomic mass is 10.1. The summed E-state index contributed by atoms with van der Waals surface area (Å²) in [6.45, 7) is 7.73. The van der Waals surface area contributed by atoms with Gasteiger partial charge in [0.05, 0.1) is 0 Å². The van der Waals surface area contributed by atoms with Crippen LogP contribution in [0.3, 0.4) is 0 Å². The molecule has 0 spiro atoms. The van der Waals surface area contributed by atoms with Crippen molar-refractivity contribution in [3.63, 3.8) is 0 Å². The lowest BCUT2D eigenvalue weighted by Crippen LogP contribution is -2.60. The predicted molar refractivity (Wildman–Crippen MR) is 58.4 cm³/mol. The number of piperazine rings is 1. The van der Waals surface area contributed by atoms with E-state index in [1.54, 1.807) is 4.90 Å². The highest BCUT2D eigenvalue weighted by molar-refractivity contribution is 4.88. The van der Waals surface area contributed by atoms with Gasteiger partial charge in [0.15, 0.2) is 0 Å². The van der Waals surface area contributed by atoms with Crippen molar-refractivity contribution in [2.75, 3.05) is 26.2 Å². The molecular formula is C11H21F3N2. The maximum atomic E-state index is 12.9. The van der Waals surface area contributed by atoms with Crippen LogP contribution in [0.2, 0.25) is 0 Å². The van der Waals surface area contributed by atoms with E-state index in [2.05, 4.69) is 0 Å². The van der Waals surface area contributed by atoms with E-state index in [0.29, 0.717) is 13.1 Å². The number of rotatable bonds is 3. The fraction of sp³-hybridized carbons (Fsp3) is 1.00. The predicted octanol–water partition coefficient (Wildman–Crippen LogP) is 2.35. The largest absolute Gasteiger partial charge is 0.405 e. The first-order chi connectivity index (χ1) is 7.36. The molecule has 1 aliphatic rings. The van der Waals surface area contributed by atoms with Crippen LogP contribution in [0.1, 0.15) is 27.2 Å². The van der Waals surface area contributed by atoms with Crippen molar-refractivity contribution < 1.29 is 13.2 Å². The summed E-state index contributed by atoms with van der Waals surface area (Å²) in [5.74, 6) is 0. The quantitative estimate of drug-likeness (QED) is 0.744. The second-order valence-electron chi connectivity index (χ2n) is 4.68. The Morgan fingerprint density at radius 1 is 1.25 bits per heavy atom. The second-order valence-corrected chi connectivity index (χ2v) is 4.68. The van der Waals surface area contributed by atoms with Crippen LogP contribution < -0.4 is 0 Å². The van der Waals surface area contributed by atoms with E-state index in [1.807, 2.05) is 25.7 Å². The van der Waals surface area contributed by atoms with Gasteiger partial charge in [-0.1, -0.05) is 6.92 Å². The van der Waals surface area contributed by atoms with Gasteiger partial charge < -0.3 is 0 Å². The van der Waals surface area contributed by atoms with Gasteiger partial charge >= 0.3 is 6.18 Å². The summed E-state index contributed by atoms with van der Waals surface area (Å²) in [7, 11) is 0. The molecule has 0 bridgehead atoms. The maximum Gasteiger partial charge on any atom is 0.405 e. The monoisotopic (exact) mass is 238 g/mol. The Morgan fingerprint density at radius 2 is 1.88 bits per heavy atom. The summed E-state index contributed by atoms with van der Waals surface area (Å²) in [5, 5.41) is 0. The average molecular weight is 238 g/mol. The van der Waals surface area contributed by atoms with Crippen molar-refractivity contribution in [1.29, 1.82) is 0 Å². The molecule has 16 heavy (non-hydrogen) atoms. The zero-order valence-corrected chi connectivity index (χ0v) is 10.2. The van der Waals surface area contributed by atoms with Gasteiger partial charge in [0.1, 0.15) is 6.04 Å². The summed E-state index contributed by atoms with van der Waals surface area (Å²) in [6, 6.07) is -1.10. The Kier molecular flexibility index (Phi) is 4.62. The SMILES string of the molecule is CCCN1CCN(C(C)C)CC1C(F)(F)F. The molecule has 0 amide bonds. The van der Waals surface area contributed by atoms with Crippen LogP contribution in [0.4, 0.5) is 13.2 Å². The van der Waals surface area contributed by atoms with Gasteiger partial charge in [-0.2, -0.15) is 13.2 Å². The molecule has 0 saturated carbocycles. The number of halogens is 3. The molecule has 1 fully saturated rings. The molecule has 1 saturated heterocycles. The third kappa shape index (κ3) is 3.35. The van der Waals surface area contributed by atoms with Gasteiger partial charge in [0.25, 0.3) is 0 Å². The summed E-state index contributed by atoms with van der Waals surface area (Å²) in [6.07, 6.45) is -3.34. The standard InChI is InChI=1S/C11H21F3N2/c1-4-5-15-6-7-16(9(2)3)8-10(15)11(12,13)14/h9-10H,4-8H2,1-3H3. The lowest BCUT2D eigenvalue weighted by molar-refractivity contribution is -0.198. The summed E-state index contributed by atoms with van der Waals surface area (Å²) in [4.78, 5) is 3.48. The second kappa shape index (κ2) is 5.36. The zero-order chi connectivity index (χ0) is 12.3. The van der Waals surface area contributed by atoms with Gasteiger partial charge in [0.2, 0.25) is 0 Å². The van der Waals surface area contributed by atoms with Crippen molar-refractivity contribution in [3.8, 4) is 0 Å². The molecule has 1 rings (SSSR count). The molecule has 0 radical (unpaired) electrons. The first-order valence-corrected chi connectivity index (χ1v) is 5.91. The Morgan fingerprint density at radius 3 is 2.31 bits per heavy atom. The Bertz CT molecular complexity index is 216. The van der Waals surface area contributed by atoms with E-state index in [0.717, 1.165) is 13.0 Å². The van der Waals surface area contributed by atoms with Crippen LogP contribution >= 0.6 is 0 Å². The van der Waals surface area contributed by atoms with Gasteiger partial charge in [-0.3, -0.25) is 9.80 Å². The molecule has 0 aliphatic carbocycles. The maximum absolute atomic E-state index is 12.9. The van der Waals surface area contributed by atoms with Crippen LogP contribution in [0.15, 0.2) is 0 Å². The van der Waals surface area contributed by atoms with Crippen molar-refractivity contribution in [1.82, 2.24) is 9.80 Å². The molecule has 0 aromatic carbocycles. The highest BCUT2D eigenvalue weighted by Gasteiger charge is 2.46. The van der Waals surface area contributed by atoms with E-state index in [-0.39, 0.29) is 12.6 Å². The number of nitrogens with zero attached hydrogens (tertiary/aromatic N) is 2. The lowest BCUT2D eigenvalue weighted by Gasteiger charge is -2.43. The topological polar surface area (TPSA) is 6.48 Å². The van der Waals surface area contributed by atoms with E-state index in [4.69, 9.17) is 0 Å². The first-order valence-electron chi connectivity index (χ1n) is 5.91. The van der Waals surface area contributed by atoms with Crippen molar-refractivity contribution in [2.45, 2.75) is 45.5 Å². The van der Waals surface area contributed by atoms with Gasteiger partial charge in [-0.05, 0) is 26.8 Å². The highest BCUT2D eigenvalue weighted by atomic mass is 19.4. The number of alkyl halides is 3. The van der Waals surface area contributed by atoms with Crippen molar-refractivity contribution in [3.05, 3.63) is 0 Å². The normalized spacial score (nSPS) is 25.3. The minimum Gasteiger partial charge on any atom is -0.298 e. The molecule has 1 atom stereocenters. The van der Waals surface area contributed by atoms with E-state index >= 15 is 0 Å². The summed E-state index contributed by atoms with van der Waals surface area (Å²) < 4.78 is 38.6. The summed E-state index contributed by atoms with van der Waals surface area (Å²) in [5.41, 5.74) is 0. The molecule has 0 aromatic heterocycles. The highest BCUT2D eigenvalue weighted by Crippen LogP contribution is 2.28. The molecule has 5 heteroatoms.